The Labute approximate surface area is 112 Å². The van der Waals surface area contributed by atoms with Gasteiger partial charge in [-0.05, 0) is 24.6 Å². The first kappa shape index (κ1) is 15.6. The SMILES string of the molecule is CCCC(CN)NS(=O)(=O)c1ccc(F)c(C#N)c1. The van der Waals surface area contributed by atoms with E-state index in [2.05, 4.69) is 4.72 Å². The van der Waals surface area contributed by atoms with Gasteiger partial charge >= 0.3 is 0 Å². The largest absolute Gasteiger partial charge is 0.329 e. The lowest BCUT2D eigenvalue weighted by atomic mass is 10.2. The van der Waals surface area contributed by atoms with Crippen LogP contribution in [0.1, 0.15) is 25.3 Å². The third-order valence-electron chi connectivity index (χ3n) is 2.61. The van der Waals surface area contributed by atoms with Crippen molar-refractivity contribution in [2.75, 3.05) is 6.54 Å². The van der Waals surface area contributed by atoms with E-state index in [4.69, 9.17) is 11.0 Å². The minimum Gasteiger partial charge on any atom is -0.329 e. The second-order valence-corrected chi connectivity index (χ2v) is 5.81. The fourth-order valence-corrected chi connectivity index (χ4v) is 2.93. The van der Waals surface area contributed by atoms with Crippen molar-refractivity contribution in [3.8, 4) is 6.07 Å². The zero-order valence-electron chi connectivity index (χ0n) is 10.6. The van der Waals surface area contributed by atoms with Crippen LogP contribution in [0.25, 0.3) is 0 Å². The van der Waals surface area contributed by atoms with Crippen LogP contribution in [0.4, 0.5) is 4.39 Å². The zero-order chi connectivity index (χ0) is 14.5. The minimum atomic E-state index is -3.79. The molecule has 1 aromatic carbocycles. The molecule has 0 saturated heterocycles. The summed E-state index contributed by atoms with van der Waals surface area (Å²) >= 11 is 0. The van der Waals surface area contributed by atoms with Gasteiger partial charge in [-0.3, -0.25) is 0 Å². The van der Waals surface area contributed by atoms with Crippen LogP contribution in [-0.4, -0.2) is 21.0 Å². The maximum Gasteiger partial charge on any atom is 0.240 e. The molecule has 0 spiro atoms. The van der Waals surface area contributed by atoms with Crippen LogP contribution in [0.2, 0.25) is 0 Å². The first-order valence-corrected chi connectivity index (χ1v) is 7.35. The molecule has 7 heteroatoms. The summed E-state index contributed by atoms with van der Waals surface area (Å²) in [5, 5.41) is 8.70. The van der Waals surface area contributed by atoms with Crippen LogP contribution in [0.3, 0.4) is 0 Å². The van der Waals surface area contributed by atoms with Crippen molar-refractivity contribution in [2.45, 2.75) is 30.7 Å². The topological polar surface area (TPSA) is 96.0 Å². The van der Waals surface area contributed by atoms with Crippen molar-refractivity contribution in [3.63, 3.8) is 0 Å². The second kappa shape index (κ2) is 6.61. The van der Waals surface area contributed by atoms with E-state index in [1.807, 2.05) is 6.92 Å². The van der Waals surface area contributed by atoms with Gasteiger partial charge in [0.05, 0.1) is 10.5 Å². The number of nitriles is 1. The number of hydrogen-bond acceptors (Lipinski definition) is 4. The van der Waals surface area contributed by atoms with Crippen LogP contribution < -0.4 is 10.5 Å². The zero-order valence-corrected chi connectivity index (χ0v) is 11.4. The summed E-state index contributed by atoms with van der Waals surface area (Å²) in [5.74, 6) is -0.745. The molecule has 0 saturated carbocycles. The molecular weight excluding hydrogens is 269 g/mol. The summed E-state index contributed by atoms with van der Waals surface area (Å²) < 4.78 is 39.7. The van der Waals surface area contributed by atoms with E-state index in [0.717, 1.165) is 24.6 Å². The van der Waals surface area contributed by atoms with Crippen LogP contribution in [0.5, 0.6) is 0 Å². The molecule has 0 heterocycles. The Morgan fingerprint density at radius 1 is 1.53 bits per heavy atom. The quantitative estimate of drug-likeness (QED) is 0.818. The highest BCUT2D eigenvalue weighted by molar-refractivity contribution is 7.89. The molecule has 1 unspecified atom stereocenters. The Hall–Kier alpha value is -1.49. The van der Waals surface area contributed by atoms with E-state index in [-0.39, 0.29) is 23.0 Å². The number of nitrogens with one attached hydrogen (secondary N) is 1. The standard InChI is InChI=1S/C12H16FN3O2S/c1-2-3-10(8-15)16-19(17,18)11-4-5-12(13)9(6-11)7-14/h4-6,10,16H,2-3,8,15H2,1H3. The monoisotopic (exact) mass is 285 g/mol. The van der Waals surface area contributed by atoms with Crippen molar-refractivity contribution in [2.24, 2.45) is 5.73 Å². The number of nitrogens with zero attached hydrogens (tertiary/aromatic N) is 1. The summed E-state index contributed by atoms with van der Waals surface area (Å²) in [7, 11) is -3.79. The van der Waals surface area contributed by atoms with Gasteiger partial charge in [-0.25, -0.2) is 17.5 Å². The molecule has 0 radical (unpaired) electrons. The van der Waals surface area contributed by atoms with Gasteiger partial charge in [-0.2, -0.15) is 5.26 Å². The maximum absolute atomic E-state index is 13.1. The van der Waals surface area contributed by atoms with E-state index in [0.29, 0.717) is 6.42 Å². The van der Waals surface area contributed by atoms with Crippen molar-refractivity contribution < 1.29 is 12.8 Å². The van der Waals surface area contributed by atoms with Crippen molar-refractivity contribution in [1.82, 2.24) is 4.72 Å². The van der Waals surface area contributed by atoms with Crippen LogP contribution in [0, 0.1) is 17.1 Å². The molecule has 0 fully saturated rings. The summed E-state index contributed by atoms with van der Waals surface area (Å²) in [4.78, 5) is -0.139. The minimum absolute atomic E-state index is 0.139. The molecule has 3 N–H and O–H groups in total. The summed E-state index contributed by atoms with van der Waals surface area (Å²) in [6, 6.07) is 4.34. The van der Waals surface area contributed by atoms with E-state index < -0.39 is 15.8 Å². The lowest BCUT2D eigenvalue weighted by Crippen LogP contribution is -2.40. The normalized spacial score (nSPS) is 12.9. The van der Waals surface area contributed by atoms with Crippen LogP contribution in [0.15, 0.2) is 23.1 Å². The molecular formula is C12H16FN3O2S. The molecule has 0 aliphatic rings. The first-order chi connectivity index (χ1) is 8.94. The molecule has 0 aromatic heterocycles. The molecule has 0 bridgehead atoms. The fourth-order valence-electron chi connectivity index (χ4n) is 1.62. The highest BCUT2D eigenvalue weighted by Crippen LogP contribution is 2.15. The van der Waals surface area contributed by atoms with E-state index in [1.165, 1.54) is 0 Å². The van der Waals surface area contributed by atoms with Crippen LogP contribution in [-0.2, 0) is 10.0 Å². The Morgan fingerprint density at radius 3 is 2.74 bits per heavy atom. The summed E-state index contributed by atoms with van der Waals surface area (Å²) in [6.45, 7) is 2.10. The summed E-state index contributed by atoms with van der Waals surface area (Å²) in [6.07, 6.45) is 1.40. The Kier molecular flexibility index (Phi) is 5.42. The van der Waals surface area contributed by atoms with Crippen molar-refractivity contribution >= 4 is 10.0 Å². The van der Waals surface area contributed by atoms with Gasteiger partial charge in [0.25, 0.3) is 0 Å². The molecule has 1 rings (SSSR count). The first-order valence-electron chi connectivity index (χ1n) is 5.86. The summed E-state index contributed by atoms with van der Waals surface area (Å²) in [5.41, 5.74) is 5.18. The second-order valence-electron chi connectivity index (χ2n) is 4.10. The maximum atomic E-state index is 13.1. The number of sulfonamides is 1. The van der Waals surface area contributed by atoms with E-state index in [9.17, 15) is 12.8 Å². The number of nitrogens with two attached hydrogens (primary N) is 1. The lowest BCUT2D eigenvalue weighted by Gasteiger charge is -2.16. The average Bonchev–Trinajstić information content (AvgIpc) is 2.38. The highest BCUT2D eigenvalue weighted by Gasteiger charge is 2.20. The van der Waals surface area contributed by atoms with E-state index >= 15 is 0 Å². The molecule has 0 aliphatic carbocycles. The third kappa shape index (κ3) is 3.99. The predicted molar refractivity (Wildman–Crippen MR) is 69.2 cm³/mol. The number of hydrogen-bond donors (Lipinski definition) is 2. The van der Waals surface area contributed by atoms with Gasteiger partial charge in [0, 0.05) is 12.6 Å². The van der Waals surface area contributed by atoms with Gasteiger partial charge in [0.15, 0.2) is 0 Å². The predicted octanol–water partition coefficient (Wildman–Crippen LogP) is 1.10. The highest BCUT2D eigenvalue weighted by atomic mass is 32.2. The van der Waals surface area contributed by atoms with E-state index in [1.54, 1.807) is 6.07 Å². The molecule has 1 aromatic rings. The number of halogens is 1. The molecule has 0 aliphatic heterocycles. The molecule has 1 atom stereocenters. The van der Waals surface area contributed by atoms with Gasteiger partial charge in [0.1, 0.15) is 11.9 Å². The third-order valence-corrected chi connectivity index (χ3v) is 4.13. The smallest absolute Gasteiger partial charge is 0.240 e. The Bertz CT molecular complexity index is 581. The van der Waals surface area contributed by atoms with Gasteiger partial charge in [0.2, 0.25) is 10.0 Å². The molecule has 5 nitrogen and oxygen atoms in total. The number of rotatable bonds is 6. The van der Waals surface area contributed by atoms with Gasteiger partial charge in [-0.15, -0.1) is 0 Å². The van der Waals surface area contributed by atoms with Crippen LogP contribution >= 0.6 is 0 Å². The number of benzene rings is 1. The van der Waals surface area contributed by atoms with Crippen molar-refractivity contribution in [1.29, 1.82) is 5.26 Å². The lowest BCUT2D eigenvalue weighted by molar-refractivity contribution is 0.527. The van der Waals surface area contributed by atoms with Crippen molar-refractivity contribution in [3.05, 3.63) is 29.6 Å². The average molecular weight is 285 g/mol. The molecule has 19 heavy (non-hydrogen) atoms. The Morgan fingerprint density at radius 2 is 2.21 bits per heavy atom. The fraction of sp³-hybridized carbons (Fsp3) is 0.417. The molecule has 104 valence electrons. The van der Waals surface area contributed by atoms with Gasteiger partial charge in [-0.1, -0.05) is 13.3 Å². The van der Waals surface area contributed by atoms with Gasteiger partial charge < -0.3 is 5.73 Å². The Balaban J connectivity index is 3.04. The molecule has 0 amide bonds.